The summed E-state index contributed by atoms with van der Waals surface area (Å²) in [5.41, 5.74) is 1.30. The maximum Gasteiger partial charge on any atom is 0.271 e. The molecule has 0 saturated carbocycles. The fourth-order valence-electron chi connectivity index (χ4n) is 2.37. The first-order chi connectivity index (χ1) is 13.0. The number of hydrogen-bond acceptors (Lipinski definition) is 4. The number of carbonyl (C=O) groups is 1. The highest BCUT2D eigenvalue weighted by atomic mass is 79.9. The van der Waals surface area contributed by atoms with Gasteiger partial charge in [-0.05, 0) is 59.6 Å². The molecule has 0 aliphatic heterocycles. The fourth-order valence-corrected chi connectivity index (χ4v) is 2.81. The zero-order valence-electron chi connectivity index (χ0n) is 14.7. The zero-order valence-corrected chi connectivity index (χ0v) is 17.1. The van der Waals surface area contributed by atoms with Crippen molar-refractivity contribution in [1.82, 2.24) is 24.9 Å². The van der Waals surface area contributed by atoms with Gasteiger partial charge in [0.05, 0.1) is 10.2 Å². The van der Waals surface area contributed by atoms with Crippen molar-refractivity contribution in [3.63, 3.8) is 0 Å². The standard InChI is InChI=1S/C18H19BrClN5O2/c1-13-16(19)11-24(22-13)9-2-8-21-18(26)17-7-10-25(23-17)12-27-15-5-3-14(20)4-6-15/h3-7,10-11H,2,8-9,12H2,1H3,(H,21,26). The molecule has 1 aromatic carbocycles. The third-order valence-corrected chi connectivity index (χ3v) is 4.82. The monoisotopic (exact) mass is 451 g/mol. The Kier molecular flexibility index (Phi) is 6.52. The Morgan fingerprint density at radius 2 is 2.00 bits per heavy atom. The van der Waals surface area contributed by atoms with Crippen LogP contribution >= 0.6 is 27.5 Å². The van der Waals surface area contributed by atoms with Crippen molar-refractivity contribution in [1.29, 1.82) is 0 Å². The number of aryl methyl sites for hydroxylation is 2. The molecule has 0 unspecified atom stereocenters. The lowest BCUT2D eigenvalue weighted by Crippen LogP contribution is -2.26. The third kappa shape index (κ3) is 5.58. The summed E-state index contributed by atoms with van der Waals surface area (Å²) in [6.45, 7) is 3.43. The largest absolute Gasteiger partial charge is 0.471 e. The highest BCUT2D eigenvalue weighted by Crippen LogP contribution is 2.16. The molecule has 1 amide bonds. The molecule has 0 fully saturated rings. The number of amides is 1. The number of halogens is 2. The average molecular weight is 453 g/mol. The van der Waals surface area contributed by atoms with Crippen LogP contribution in [0.2, 0.25) is 5.02 Å². The van der Waals surface area contributed by atoms with E-state index in [1.54, 1.807) is 41.2 Å². The number of ether oxygens (including phenoxy) is 1. The van der Waals surface area contributed by atoms with Gasteiger partial charge in [0.2, 0.25) is 0 Å². The van der Waals surface area contributed by atoms with Crippen molar-refractivity contribution in [3.05, 3.63) is 63.6 Å². The summed E-state index contributed by atoms with van der Waals surface area (Å²) in [4.78, 5) is 12.2. The Hall–Kier alpha value is -2.32. The molecule has 3 aromatic rings. The van der Waals surface area contributed by atoms with E-state index in [4.69, 9.17) is 16.3 Å². The summed E-state index contributed by atoms with van der Waals surface area (Å²) in [5.74, 6) is 0.472. The highest BCUT2D eigenvalue weighted by molar-refractivity contribution is 9.10. The maximum atomic E-state index is 12.2. The molecule has 0 aliphatic carbocycles. The van der Waals surface area contributed by atoms with Gasteiger partial charge >= 0.3 is 0 Å². The smallest absolute Gasteiger partial charge is 0.271 e. The number of carbonyl (C=O) groups excluding carboxylic acids is 1. The summed E-state index contributed by atoms with van der Waals surface area (Å²) < 4.78 is 10.00. The van der Waals surface area contributed by atoms with Gasteiger partial charge in [-0.25, -0.2) is 4.68 Å². The minimum Gasteiger partial charge on any atom is -0.471 e. The molecule has 0 atom stereocenters. The summed E-state index contributed by atoms with van der Waals surface area (Å²) in [7, 11) is 0. The number of nitrogens with zero attached hydrogens (tertiary/aromatic N) is 4. The molecule has 0 spiro atoms. The first-order valence-corrected chi connectivity index (χ1v) is 9.58. The topological polar surface area (TPSA) is 74.0 Å². The van der Waals surface area contributed by atoms with Crippen molar-refractivity contribution < 1.29 is 9.53 Å². The van der Waals surface area contributed by atoms with Crippen LogP contribution in [0, 0.1) is 6.92 Å². The zero-order chi connectivity index (χ0) is 19.2. The predicted molar refractivity (Wildman–Crippen MR) is 106 cm³/mol. The van der Waals surface area contributed by atoms with Crippen LogP contribution in [0.15, 0.2) is 47.2 Å². The Labute approximate surface area is 170 Å². The van der Waals surface area contributed by atoms with Gasteiger partial charge in [0, 0.05) is 30.5 Å². The molecular weight excluding hydrogens is 434 g/mol. The number of benzene rings is 1. The van der Waals surface area contributed by atoms with E-state index in [9.17, 15) is 4.79 Å². The molecule has 3 rings (SSSR count). The lowest BCUT2D eigenvalue weighted by atomic mass is 10.3. The second kappa shape index (κ2) is 9.05. The fraction of sp³-hybridized carbons (Fsp3) is 0.278. The van der Waals surface area contributed by atoms with Crippen LogP contribution < -0.4 is 10.1 Å². The predicted octanol–water partition coefficient (Wildman–Crippen LogP) is 3.66. The molecule has 142 valence electrons. The van der Waals surface area contributed by atoms with Gasteiger partial charge < -0.3 is 10.1 Å². The van der Waals surface area contributed by atoms with Crippen LogP contribution in [-0.4, -0.2) is 32.0 Å². The van der Waals surface area contributed by atoms with E-state index in [-0.39, 0.29) is 12.6 Å². The van der Waals surface area contributed by atoms with E-state index >= 15 is 0 Å². The van der Waals surface area contributed by atoms with Crippen molar-refractivity contribution in [2.75, 3.05) is 6.54 Å². The lowest BCUT2D eigenvalue weighted by molar-refractivity contribution is 0.0945. The average Bonchev–Trinajstić information content (AvgIpc) is 3.25. The number of nitrogens with one attached hydrogen (secondary N) is 1. The van der Waals surface area contributed by atoms with Gasteiger partial charge in [-0.1, -0.05) is 11.6 Å². The van der Waals surface area contributed by atoms with Crippen LogP contribution in [-0.2, 0) is 13.3 Å². The van der Waals surface area contributed by atoms with E-state index in [0.29, 0.717) is 23.0 Å². The van der Waals surface area contributed by atoms with Crippen LogP contribution in [0.1, 0.15) is 22.6 Å². The van der Waals surface area contributed by atoms with Crippen molar-refractivity contribution >= 4 is 33.4 Å². The molecule has 0 radical (unpaired) electrons. The summed E-state index contributed by atoms with van der Waals surface area (Å²) in [5, 5.41) is 12.1. The van der Waals surface area contributed by atoms with Crippen LogP contribution in [0.3, 0.4) is 0 Å². The quantitative estimate of drug-likeness (QED) is 0.529. The van der Waals surface area contributed by atoms with Gasteiger partial charge in [0.25, 0.3) is 5.91 Å². The third-order valence-electron chi connectivity index (χ3n) is 3.79. The molecule has 2 aromatic heterocycles. The number of rotatable bonds is 8. The Balaban J connectivity index is 1.41. The summed E-state index contributed by atoms with van der Waals surface area (Å²) in [6.07, 6.45) is 4.41. The highest BCUT2D eigenvalue weighted by Gasteiger charge is 2.09. The van der Waals surface area contributed by atoms with E-state index < -0.39 is 0 Å². The second-order valence-electron chi connectivity index (χ2n) is 5.90. The molecule has 9 heteroatoms. The minimum atomic E-state index is -0.210. The molecule has 0 aliphatic rings. The van der Waals surface area contributed by atoms with Gasteiger partial charge in [-0.3, -0.25) is 9.48 Å². The minimum absolute atomic E-state index is 0.210. The second-order valence-corrected chi connectivity index (χ2v) is 7.19. The van der Waals surface area contributed by atoms with Crippen LogP contribution in [0.5, 0.6) is 5.75 Å². The Morgan fingerprint density at radius 3 is 2.70 bits per heavy atom. The molecule has 1 N–H and O–H groups in total. The molecule has 2 heterocycles. The van der Waals surface area contributed by atoms with Crippen LogP contribution in [0.4, 0.5) is 0 Å². The van der Waals surface area contributed by atoms with E-state index in [2.05, 4.69) is 31.4 Å². The Bertz CT molecular complexity index is 887. The van der Waals surface area contributed by atoms with E-state index in [1.807, 2.05) is 17.8 Å². The summed E-state index contributed by atoms with van der Waals surface area (Å²) in [6, 6.07) is 8.72. The van der Waals surface area contributed by atoms with Gasteiger partial charge in [0.1, 0.15) is 11.4 Å². The maximum absolute atomic E-state index is 12.2. The summed E-state index contributed by atoms with van der Waals surface area (Å²) >= 11 is 9.27. The lowest BCUT2D eigenvalue weighted by Gasteiger charge is -2.06. The molecule has 0 saturated heterocycles. The number of hydrogen-bond donors (Lipinski definition) is 1. The van der Waals surface area contributed by atoms with Crippen molar-refractivity contribution in [2.45, 2.75) is 26.6 Å². The van der Waals surface area contributed by atoms with E-state index in [1.165, 1.54) is 0 Å². The van der Waals surface area contributed by atoms with E-state index in [0.717, 1.165) is 23.1 Å². The first kappa shape index (κ1) is 19.4. The van der Waals surface area contributed by atoms with Crippen molar-refractivity contribution in [3.8, 4) is 5.75 Å². The molecule has 0 bridgehead atoms. The normalized spacial score (nSPS) is 10.8. The molecule has 27 heavy (non-hydrogen) atoms. The van der Waals surface area contributed by atoms with Crippen molar-refractivity contribution in [2.24, 2.45) is 0 Å². The molecular formula is C18H19BrClN5O2. The van der Waals surface area contributed by atoms with Gasteiger partial charge in [-0.15, -0.1) is 0 Å². The van der Waals surface area contributed by atoms with Gasteiger partial charge in [-0.2, -0.15) is 10.2 Å². The number of aromatic nitrogens is 4. The molecule has 7 nitrogen and oxygen atoms in total. The van der Waals surface area contributed by atoms with Gasteiger partial charge in [0.15, 0.2) is 6.73 Å². The first-order valence-electron chi connectivity index (χ1n) is 8.41. The SMILES string of the molecule is Cc1nn(CCCNC(=O)c2ccn(COc3ccc(Cl)cc3)n2)cc1Br. The van der Waals surface area contributed by atoms with Crippen LogP contribution in [0.25, 0.3) is 0 Å². The Morgan fingerprint density at radius 1 is 1.22 bits per heavy atom.